The number of Topliss-reactive ketones (excluding diaryl/α,β-unsaturated/α-hetero) is 1. The summed E-state index contributed by atoms with van der Waals surface area (Å²) in [5.74, 6) is 1.14. The van der Waals surface area contributed by atoms with E-state index in [1.165, 1.54) is 35.7 Å². The quantitative estimate of drug-likeness (QED) is 0.598. The number of carbonyl (C=O) groups is 1. The Morgan fingerprint density at radius 1 is 1.16 bits per heavy atom. The van der Waals surface area contributed by atoms with Gasteiger partial charge in [0, 0.05) is 15.2 Å². The fourth-order valence-corrected chi connectivity index (χ4v) is 3.97. The average Bonchev–Trinajstić information content (AvgIpc) is 2.83. The highest BCUT2D eigenvalue weighted by Gasteiger charge is 2.36. The molecule has 102 valence electrons. The van der Waals surface area contributed by atoms with Gasteiger partial charge in [0.1, 0.15) is 0 Å². The first-order chi connectivity index (χ1) is 9.24. The van der Waals surface area contributed by atoms with Crippen LogP contribution < -0.4 is 0 Å². The molecule has 0 N–H and O–H groups in total. The highest BCUT2D eigenvalue weighted by atomic mass is 127. The van der Waals surface area contributed by atoms with Gasteiger partial charge in [-0.2, -0.15) is 0 Å². The molecular formula is C16H20INO. The van der Waals surface area contributed by atoms with Crippen LogP contribution in [-0.2, 0) is 0 Å². The minimum absolute atomic E-state index is 0.280. The number of hydrogen-bond donors (Lipinski definition) is 0. The molecule has 0 spiro atoms. The molecule has 0 radical (unpaired) electrons. The monoisotopic (exact) mass is 369 g/mol. The molecule has 3 rings (SSSR count). The van der Waals surface area contributed by atoms with E-state index in [-0.39, 0.29) is 5.78 Å². The van der Waals surface area contributed by atoms with Crippen molar-refractivity contribution >= 4 is 28.4 Å². The van der Waals surface area contributed by atoms with Gasteiger partial charge in [0.05, 0.1) is 6.54 Å². The Balaban J connectivity index is 1.65. The molecular weight excluding hydrogens is 349 g/mol. The topological polar surface area (TPSA) is 20.3 Å². The van der Waals surface area contributed by atoms with E-state index in [1.54, 1.807) is 0 Å². The van der Waals surface area contributed by atoms with Gasteiger partial charge in [0.2, 0.25) is 0 Å². The average molecular weight is 369 g/mol. The zero-order valence-corrected chi connectivity index (χ0v) is 13.3. The summed E-state index contributed by atoms with van der Waals surface area (Å²) >= 11 is 2.27. The third-order valence-corrected chi connectivity index (χ3v) is 5.36. The molecule has 2 nitrogen and oxygen atoms in total. The molecule has 1 saturated carbocycles. The van der Waals surface area contributed by atoms with E-state index in [0.29, 0.717) is 12.6 Å². The lowest BCUT2D eigenvalue weighted by molar-refractivity contribution is 0.0896. The lowest BCUT2D eigenvalue weighted by Crippen LogP contribution is -2.38. The number of likely N-dealkylation sites (tertiary alicyclic amines) is 1. The molecule has 2 unspecified atom stereocenters. The summed E-state index contributed by atoms with van der Waals surface area (Å²) in [6.07, 6.45) is 6.70. The summed E-state index contributed by atoms with van der Waals surface area (Å²) < 4.78 is 1.18. The molecule has 1 aliphatic carbocycles. The number of ketones is 1. The molecule has 2 fully saturated rings. The molecule has 0 aromatic heterocycles. The molecule has 1 aromatic carbocycles. The predicted octanol–water partition coefficient (Wildman–Crippen LogP) is 3.74. The smallest absolute Gasteiger partial charge is 0.176 e. The fourth-order valence-electron chi connectivity index (χ4n) is 3.61. The second-order valence-corrected chi connectivity index (χ2v) is 7.05. The van der Waals surface area contributed by atoms with Gasteiger partial charge in [-0.1, -0.05) is 25.0 Å². The fraction of sp³-hybridized carbons (Fsp3) is 0.562. The van der Waals surface area contributed by atoms with Crippen LogP contribution in [0.5, 0.6) is 0 Å². The first kappa shape index (κ1) is 13.6. The highest BCUT2D eigenvalue weighted by Crippen LogP contribution is 2.36. The van der Waals surface area contributed by atoms with E-state index in [1.807, 2.05) is 24.3 Å². The molecule has 0 amide bonds. The Kier molecular flexibility index (Phi) is 4.22. The van der Waals surface area contributed by atoms with Crippen LogP contribution in [0.4, 0.5) is 0 Å². The van der Waals surface area contributed by atoms with Crippen molar-refractivity contribution in [3.8, 4) is 0 Å². The number of fused-ring (bicyclic) bond motifs is 1. The summed E-state index contributed by atoms with van der Waals surface area (Å²) in [6, 6.07) is 8.63. The molecule has 1 aromatic rings. The number of carbonyl (C=O) groups excluding carboxylic acids is 1. The summed E-state index contributed by atoms with van der Waals surface area (Å²) in [5.41, 5.74) is 0.861. The van der Waals surface area contributed by atoms with Gasteiger partial charge in [-0.25, -0.2) is 0 Å². The number of nitrogens with zero attached hydrogens (tertiary/aromatic N) is 1. The molecule has 2 aliphatic rings. The van der Waals surface area contributed by atoms with Crippen LogP contribution in [0, 0.1) is 9.49 Å². The molecule has 19 heavy (non-hydrogen) atoms. The maximum absolute atomic E-state index is 12.3. The molecule has 2 atom stereocenters. The Bertz CT molecular complexity index is 456. The molecule has 3 heteroatoms. The molecule has 1 saturated heterocycles. The van der Waals surface area contributed by atoms with Crippen LogP contribution in [0.3, 0.4) is 0 Å². The van der Waals surface area contributed by atoms with E-state index in [2.05, 4.69) is 27.5 Å². The van der Waals surface area contributed by atoms with Crippen LogP contribution in [0.1, 0.15) is 42.5 Å². The van der Waals surface area contributed by atoms with Crippen LogP contribution in [-0.4, -0.2) is 29.8 Å². The van der Waals surface area contributed by atoms with Crippen molar-refractivity contribution in [2.24, 2.45) is 5.92 Å². The van der Waals surface area contributed by atoms with E-state index < -0.39 is 0 Å². The maximum Gasteiger partial charge on any atom is 0.176 e. The van der Waals surface area contributed by atoms with Crippen molar-refractivity contribution in [3.63, 3.8) is 0 Å². The predicted molar refractivity (Wildman–Crippen MR) is 85.4 cm³/mol. The van der Waals surface area contributed by atoms with Crippen molar-refractivity contribution in [1.29, 1.82) is 0 Å². The zero-order chi connectivity index (χ0) is 13.2. The number of rotatable bonds is 3. The Morgan fingerprint density at radius 3 is 2.68 bits per heavy atom. The standard InChI is InChI=1S/C16H20INO/c17-14-7-5-13(6-8-14)16(19)11-18-10-9-12-3-1-2-4-15(12)18/h5-8,12,15H,1-4,9-11H2. The Hall–Kier alpha value is -0.420. The lowest BCUT2D eigenvalue weighted by atomic mass is 9.85. The van der Waals surface area contributed by atoms with E-state index >= 15 is 0 Å². The van der Waals surface area contributed by atoms with Crippen LogP contribution in [0.2, 0.25) is 0 Å². The summed E-state index contributed by atoms with van der Waals surface area (Å²) in [6.45, 7) is 1.73. The van der Waals surface area contributed by atoms with Gasteiger partial charge in [-0.05, 0) is 66.4 Å². The second kappa shape index (κ2) is 5.92. The molecule has 0 bridgehead atoms. The lowest BCUT2D eigenvalue weighted by Gasteiger charge is -2.31. The van der Waals surface area contributed by atoms with Gasteiger partial charge in [-0.15, -0.1) is 0 Å². The Morgan fingerprint density at radius 2 is 1.89 bits per heavy atom. The van der Waals surface area contributed by atoms with Crippen molar-refractivity contribution in [1.82, 2.24) is 4.90 Å². The van der Waals surface area contributed by atoms with E-state index in [4.69, 9.17) is 0 Å². The Labute approximate surface area is 128 Å². The van der Waals surface area contributed by atoms with Crippen LogP contribution in [0.25, 0.3) is 0 Å². The van der Waals surface area contributed by atoms with Crippen LogP contribution in [0.15, 0.2) is 24.3 Å². The summed E-state index contributed by atoms with van der Waals surface area (Å²) in [7, 11) is 0. The van der Waals surface area contributed by atoms with Crippen LogP contribution >= 0.6 is 22.6 Å². The van der Waals surface area contributed by atoms with Gasteiger partial charge in [-0.3, -0.25) is 9.69 Å². The third-order valence-electron chi connectivity index (χ3n) is 4.64. The number of hydrogen-bond acceptors (Lipinski definition) is 2. The van der Waals surface area contributed by atoms with Crippen molar-refractivity contribution in [3.05, 3.63) is 33.4 Å². The normalized spacial score (nSPS) is 27.2. The van der Waals surface area contributed by atoms with Gasteiger partial charge >= 0.3 is 0 Å². The van der Waals surface area contributed by atoms with Gasteiger partial charge in [0.25, 0.3) is 0 Å². The maximum atomic E-state index is 12.3. The second-order valence-electron chi connectivity index (χ2n) is 5.80. The van der Waals surface area contributed by atoms with E-state index in [9.17, 15) is 4.79 Å². The first-order valence-corrected chi connectivity index (χ1v) is 8.35. The van der Waals surface area contributed by atoms with E-state index in [0.717, 1.165) is 18.0 Å². The summed E-state index contributed by atoms with van der Waals surface area (Å²) in [4.78, 5) is 14.8. The zero-order valence-electron chi connectivity index (χ0n) is 11.1. The van der Waals surface area contributed by atoms with Crippen molar-refractivity contribution < 1.29 is 4.79 Å². The van der Waals surface area contributed by atoms with Crippen molar-refractivity contribution in [2.75, 3.05) is 13.1 Å². The molecule has 1 aliphatic heterocycles. The minimum Gasteiger partial charge on any atom is -0.293 e. The number of benzene rings is 1. The minimum atomic E-state index is 0.280. The van der Waals surface area contributed by atoms with Gasteiger partial charge < -0.3 is 0 Å². The first-order valence-electron chi connectivity index (χ1n) is 7.27. The van der Waals surface area contributed by atoms with Crippen molar-refractivity contribution in [2.45, 2.75) is 38.1 Å². The highest BCUT2D eigenvalue weighted by molar-refractivity contribution is 14.1. The van der Waals surface area contributed by atoms with Gasteiger partial charge in [0.15, 0.2) is 5.78 Å². The third kappa shape index (κ3) is 3.02. The largest absolute Gasteiger partial charge is 0.293 e. The SMILES string of the molecule is O=C(CN1CCC2CCCCC21)c1ccc(I)cc1. The summed E-state index contributed by atoms with van der Waals surface area (Å²) in [5, 5.41) is 0. The molecule has 1 heterocycles. The number of halogens is 1.